The average Bonchev–Trinajstić information content (AvgIpc) is 2.67. The maximum atomic E-state index is 2.63. The van der Waals surface area contributed by atoms with Gasteiger partial charge in [-0.25, -0.2) is 0 Å². The van der Waals surface area contributed by atoms with Crippen molar-refractivity contribution in [2.45, 2.75) is 25.2 Å². The van der Waals surface area contributed by atoms with Gasteiger partial charge < -0.3 is 4.90 Å². The lowest BCUT2D eigenvalue weighted by Crippen LogP contribution is -2.31. The molecule has 1 nitrogen and oxygen atoms in total. The molecule has 1 aromatic carbocycles. The van der Waals surface area contributed by atoms with E-state index in [2.05, 4.69) is 29.2 Å². The van der Waals surface area contributed by atoms with Crippen LogP contribution in [0.25, 0.3) is 0 Å². The van der Waals surface area contributed by atoms with Crippen molar-refractivity contribution < 1.29 is 0 Å². The fourth-order valence-corrected chi connectivity index (χ4v) is 2.80. The van der Waals surface area contributed by atoms with E-state index in [1.165, 1.54) is 38.9 Å². The second-order valence-corrected chi connectivity index (χ2v) is 4.61. The number of hydrogen-bond donors (Lipinski definition) is 0. The zero-order valence-corrected chi connectivity index (χ0v) is 8.58. The monoisotopic (exact) mass is 187 g/mol. The Kier molecular flexibility index (Phi) is 2.06. The molecule has 0 N–H and O–H groups in total. The van der Waals surface area contributed by atoms with Gasteiger partial charge in [-0.1, -0.05) is 24.3 Å². The molecule has 1 aliphatic carbocycles. The molecule has 74 valence electrons. The first-order chi connectivity index (χ1) is 6.93. The molecule has 0 bridgehead atoms. The highest BCUT2D eigenvalue weighted by Crippen LogP contribution is 2.35. The van der Waals surface area contributed by atoms with Crippen LogP contribution in [0.3, 0.4) is 0 Å². The van der Waals surface area contributed by atoms with Crippen LogP contribution in [0.2, 0.25) is 0 Å². The minimum Gasteiger partial charge on any atom is -0.303 e. The molecule has 1 atom stereocenters. The van der Waals surface area contributed by atoms with Crippen molar-refractivity contribution in [3.63, 3.8) is 0 Å². The highest BCUT2D eigenvalue weighted by Gasteiger charge is 2.27. The maximum Gasteiger partial charge on any atom is 0.00536 e. The van der Waals surface area contributed by atoms with Crippen LogP contribution in [-0.2, 0) is 6.42 Å². The third-order valence-corrected chi connectivity index (χ3v) is 3.64. The minimum absolute atomic E-state index is 0.837. The molecular formula is C13H17N. The summed E-state index contributed by atoms with van der Waals surface area (Å²) in [5.74, 6) is 0.837. The van der Waals surface area contributed by atoms with Gasteiger partial charge in [0.25, 0.3) is 0 Å². The van der Waals surface area contributed by atoms with E-state index in [0.717, 1.165) is 5.92 Å². The van der Waals surface area contributed by atoms with Gasteiger partial charge in [0.15, 0.2) is 0 Å². The van der Waals surface area contributed by atoms with E-state index in [9.17, 15) is 0 Å². The Morgan fingerprint density at radius 2 is 1.93 bits per heavy atom. The van der Waals surface area contributed by atoms with Gasteiger partial charge in [-0.2, -0.15) is 0 Å². The number of hydrogen-bond acceptors (Lipinski definition) is 1. The summed E-state index contributed by atoms with van der Waals surface area (Å²) in [5, 5.41) is 0. The number of likely N-dealkylation sites (tertiary alicyclic amines) is 1. The number of nitrogens with zero attached hydrogens (tertiary/aromatic N) is 1. The zero-order chi connectivity index (χ0) is 9.38. The molecule has 1 fully saturated rings. The zero-order valence-electron chi connectivity index (χ0n) is 8.58. The Morgan fingerprint density at radius 1 is 1.14 bits per heavy atom. The van der Waals surface area contributed by atoms with Crippen LogP contribution in [0.1, 0.15) is 29.9 Å². The second kappa shape index (κ2) is 3.39. The molecule has 3 rings (SSSR count). The normalized spacial score (nSPS) is 25.9. The number of benzene rings is 1. The van der Waals surface area contributed by atoms with E-state index in [1.807, 2.05) is 0 Å². The van der Waals surface area contributed by atoms with E-state index in [0.29, 0.717) is 0 Å². The van der Waals surface area contributed by atoms with Crippen LogP contribution in [0.15, 0.2) is 24.3 Å². The van der Waals surface area contributed by atoms with Crippen LogP contribution in [0.4, 0.5) is 0 Å². The molecule has 0 amide bonds. The molecule has 1 heteroatoms. The van der Waals surface area contributed by atoms with Gasteiger partial charge in [0.05, 0.1) is 0 Å². The van der Waals surface area contributed by atoms with Gasteiger partial charge in [0.1, 0.15) is 0 Å². The Bertz CT molecular complexity index is 326. The molecular weight excluding hydrogens is 170 g/mol. The Balaban J connectivity index is 1.67. The molecule has 1 aliphatic heterocycles. The van der Waals surface area contributed by atoms with Crippen molar-refractivity contribution in [1.82, 2.24) is 4.90 Å². The highest BCUT2D eigenvalue weighted by molar-refractivity contribution is 5.40. The van der Waals surface area contributed by atoms with Crippen LogP contribution in [0.5, 0.6) is 0 Å². The predicted octanol–water partition coefficient (Wildman–Crippen LogP) is 2.42. The largest absolute Gasteiger partial charge is 0.303 e. The van der Waals surface area contributed by atoms with Crippen molar-refractivity contribution in [3.05, 3.63) is 35.4 Å². The summed E-state index contributed by atoms with van der Waals surface area (Å²) < 4.78 is 0. The summed E-state index contributed by atoms with van der Waals surface area (Å²) in [5.41, 5.74) is 3.19. The molecule has 14 heavy (non-hydrogen) atoms. The standard InChI is InChI=1S/C13H17N/c1-2-6-13-11(5-1)9-12(13)10-14-7-3-4-8-14/h1-2,5-6,12H,3-4,7-10H2/t12-/m1/s1. The topological polar surface area (TPSA) is 3.24 Å². The Labute approximate surface area is 85.7 Å². The van der Waals surface area contributed by atoms with Gasteiger partial charge in [-0.15, -0.1) is 0 Å². The van der Waals surface area contributed by atoms with Crippen molar-refractivity contribution in [2.75, 3.05) is 19.6 Å². The summed E-state index contributed by atoms with van der Waals surface area (Å²) in [7, 11) is 0. The van der Waals surface area contributed by atoms with E-state index in [1.54, 1.807) is 11.1 Å². The number of rotatable bonds is 2. The van der Waals surface area contributed by atoms with Gasteiger partial charge in [0.2, 0.25) is 0 Å². The van der Waals surface area contributed by atoms with Gasteiger partial charge in [0, 0.05) is 12.5 Å². The van der Waals surface area contributed by atoms with Crippen LogP contribution in [0, 0.1) is 0 Å². The van der Waals surface area contributed by atoms with Crippen LogP contribution >= 0.6 is 0 Å². The second-order valence-electron chi connectivity index (χ2n) is 4.61. The molecule has 1 saturated heterocycles. The number of fused-ring (bicyclic) bond motifs is 1. The van der Waals surface area contributed by atoms with E-state index in [4.69, 9.17) is 0 Å². The first kappa shape index (κ1) is 8.49. The molecule has 1 aromatic rings. The maximum absolute atomic E-state index is 2.63. The lowest BCUT2D eigenvalue weighted by Gasteiger charge is -2.33. The Hall–Kier alpha value is -0.820. The first-order valence-corrected chi connectivity index (χ1v) is 5.73. The lowest BCUT2D eigenvalue weighted by atomic mass is 9.77. The fraction of sp³-hybridized carbons (Fsp3) is 0.538. The molecule has 0 saturated carbocycles. The molecule has 0 unspecified atom stereocenters. The fourth-order valence-electron chi connectivity index (χ4n) is 2.80. The smallest absolute Gasteiger partial charge is 0.00536 e. The van der Waals surface area contributed by atoms with Crippen molar-refractivity contribution in [3.8, 4) is 0 Å². The quantitative estimate of drug-likeness (QED) is 0.687. The van der Waals surface area contributed by atoms with E-state index in [-0.39, 0.29) is 0 Å². The summed E-state index contributed by atoms with van der Waals surface area (Å²) in [6.07, 6.45) is 4.13. The highest BCUT2D eigenvalue weighted by atomic mass is 15.1. The predicted molar refractivity (Wildman–Crippen MR) is 58.6 cm³/mol. The van der Waals surface area contributed by atoms with Gasteiger partial charge in [-0.05, 0) is 43.5 Å². The van der Waals surface area contributed by atoms with Crippen molar-refractivity contribution in [2.24, 2.45) is 0 Å². The van der Waals surface area contributed by atoms with Crippen LogP contribution < -0.4 is 0 Å². The molecule has 0 aromatic heterocycles. The Morgan fingerprint density at radius 3 is 2.71 bits per heavy atom. The van der Waals surface area contributed by atoms with Crippen molar-refractivity contribution in [1.29, 1.82) is 0 Å². The molecule has 0 spiro atoms. The minimum atomic E-state index is 0.837. The molecule has 2 aliphatic rings. The lowest BCUT2D eigenvalue weighted by molar-refractivity contribution is 0.301. The van der Waals surface area contributed by atoms with E-state index >= 15 is 0 Å². The van der Waals surface area contributed by atoms with E-state index < -0.39 is 0 Å². The average molecular weight is 187 g/mol. The third-order valence-electron chi connectivity index (χ3n) is 3.64. The first-order valence-electron chi connectivity index (χ1n) is 5.73. The van der Waals surface area contributed by atoms with Crippen LogP contribution in [-0.4, -0.2) is 24.5 Å². The summed E-state index contributed by atoms with van der Waals surface area (Å²) in [6, 6.07) is 8.91. The van der Waals surface area contributed by atoms with Gasteiger partial charge in [-0.3, -0.25) is 0 Å². The molecule has 1 heterocycles. The SMILES string of the molecule is c1ccc2c(c1)C[C@@H]2CN1CCCC1. The molecule has 0 radical (unpaired) electrons. The summed E-state index contributed by atoms with van der Waals surface area (Å²) >= 11 is 0. The third kappa shape index (κ3) is 1.36. The van der Waals surface area contributed by atoms with Gasteiger partial charge >= 0.3 is 0 Å². The summed E-state index contributed by atoms with van der Waals surface area (Å²) in [6.45, 7) is 3.97. The summed E-state index contributed by atoms with van der Waals surface area (Å²) in [4.78, 5) is 2.63. The van der Waals surface area contributed by atoms with Crippen molar-refractivity contribution >= 4 is 0 Å².